The van der Waals surface area contributed by atoms with Crippen LogP contribution in [0.25, 0.3) is 4.85 Å². The summed E-state index contributed by atoms with van der Waals surface area (Å²) in [6.07, 6.45) is 2.59. The molecule has 38 valence electrons. The van der Waals surface area contributed by atoms with Gasteiger partial charge in [-0.25, -0.2) is 6.57 Å². The van der Waals surface area contributed by atoms with Crippen molar-refractivity contribution in [1.29, 1.82) is 0 Å². The summed E-state index contributed by atoms with van der Waals surface area (Å²) in [6, 6.07) is 0.306. The topological polar surface area (TPSA) is 4.36 Å². The van der Waals surface area contributed by atoms with Crippen LogP contribution in [0.2, 0.25) is 0 Å². The minimum atomic E-state index is 0.306. The minimum absolute atomic E-state index is 0.306. The van der Waals surface area contributed by atoms with Gasteiger partial charge in [0.2, 0.25) is 6.04 Å². The Morgan fingerprint density at radius 3 is 2.43 bits per heavy atom. The van der Waals surface area contributed by atoms with E-state index in [1.165, 1.54) is 12.8 Å². The molecule has 1 unspecified atom stereocenters. The standard InChI is InChI=1S/C6H9N/c1-5(7-2)6-3-4-6/h5-6H,3-4H2,1H3. The zero-order valence-corrected chi connectivity index (χ0v) is 4.52. The molecule has 7 heavy (non-hydrogen) atoms. The maximum absolute atomic E-state index is 6.60. The monoisotopic (exact) mass is 95.1 g/mol. The molecule has 1 heteroatoms. The van der Waals surface area contributed by atoms with E-state index >= 15 is 0 Å². The molecule has 1 nitrogen and oxygen atoms in total. The molecule has 0 radical (unpaired) electrons. The maximum Gasteiger partial charge on any atom is 0.223 e. The highest BCUT2D eigenvalue weighted by molar-refractivity contribution is 4.89. The predicted octanol–water partition coefficient (Wildman–Crippen LogP) is 1.70. The van der Waals surface area contributed by atoms with Crippen LogP contribution in [0.1, 0.15) is 19.8 Å². The lowest BCUT2D eigenvalue weighted by Gasteiger charge is -1.87. The number of rotatable bonds is 1. The summed E-state index contributed by atoms with van der Waals surface area (Å²) in [5.41, 5.74) is 0. The van der Waals surface area contributed by atoms with Crippen molar-refractivity contribution in [1.82, 2.24) is 0 Å². The van der Waals surface area contributed by atoms with Gasteiger partial charge in [0.05, 0.1) is 0 Å². The van der Waals surface area contributed by atoms with Crippen molar-refractivity contribution in [2.45, 2.75) is 25.8 Å². The first-order chi connectivity index (χ1) is 3.34. The van der Waals surface area contributed by atoms with Gasteiger partial charge in [0.15, 0.2) is 0 Å². The lowest BCUT2D eigenvalue weighted by atomic mass is 10.2. The summed E-state index contributed by atoms with van der Waals surface area (Å²) >= 11 is 0. The van der Waals surface area contributed by atoms with Gasteiger partial charge in [0.25, 0.3) is 0 Å². The Bertz CT molecular complexity index is 97.2. The second-order valence-electron chi connectivity index (χ2n) is 2.21. The van der Waals surface area contributed by atoms with Crippen molar-refractivity contribution in [2.75, 3.05) is 0 Å². The van der Waals surface area contributed by atoms with E-state index in [4.69, 9.17) is 6.57 Å². The van der Waals surface area contributed by atoms with E-state index in [-0.39, 0.29) is 0 Å². The van der Waals surface area contributed by atoms with Gasteiger partial charge in [0, 0.05) is 12.8 Å². The molecule has 0 heterocycles. The molecule has 1 atom stereocenters. The highest BCUT2D eigenvalue weighted by Crippen LogP contribution is 2.33. The number of nitrogens with zero attached hydrogens (tertiary/aromatic N) is 1. The van der Waals surface area contributed by atoms with Gasteiger partial charge >= 0.3 is 0 Å². The molecule has 0 aromatic rings. The summed E-state index contributed by atoms with van der Waals surface area (Å²) < 4.78 is 0. The van der Waals surface area contributed by atoms with Crippen LogP contribution in [0.15, 0.2) is 0 Å². The molecule has 0 N–H and O–H groups in total. The molecule has 0 spiro atoms. The molecule has 1 fully saturated rings. The minimum Gasteiger partial charge on any atom is -0.314 e. The largest absolute Gasteiger partial charge is 0.314 e. The molecule has 0 bridgehead atoms. The van der Waals surface area contributed by atoms with Gasteiger partial charge in [-0.2, -0.15) is 0 Å². The van der Waals surface area contributed by atoms with E-state index in [9.17, 15) is 0 Å². The van der Waals surface area contributed by atoms with Gasteiger partial charge < -0.3 is 4.85 Å². The third-order valence-electron chi connectivity index (χ3n) is 1.51. The summed E-state index contributed by atoms with van der Waals surface area (Å²) in [6.45, 7) is 8.61. The highest BCUT2D eigenvalue weighted by Gasteiger charge is 2.31. The quantitative estimate of drug-likeness (QED) is 0.437. The van der Waals surface area contributed by atoms with Crippen molar-refractivity contribution >= 4 is 0 Å². The van der Waals surface area contributed by atoms with Crippen molar-refractivity contribution < 1.29 is 0 Å². The molecule has 1 rings (SSSR count). The van der Waals surface area contributed by atoms with Crippen LogP contribution < -0.4 is 0 Å². The van der Waals surface area contributed by atoms with Crippen LogP contribution in [0.3, 0.4) is 0 Å². The van der Waals surface area contributed by atoms with Gasteiger partial charge in [-0.15, -0.1) is 0 Å². The fourth-order valence-electron chi connectivity index (χ4n) is 0.684. The van der Waals surface area contributed by atoms with E-state index in [0.29, 0.717) is 6.04 Å². The van der Waals surface area contributed by atoms with Crippen molar-refractivity contribution in [2.24, 2.45) is 5.92 Å². The van der Waals surface area contributed by atoms with Gasteiger partial charge in [-0.3, -0.25) is 0 Å². The Hall–Kier alpha value is -0.510. The second kappa shape index (κ2) is 1.54. The van der Waals surface area contributed by atoms with Crippen LogP contribution in [0, 0.1) is 12.5 Å². The summed E-state index contributed by atoms with van der Waals surface area (Å²) in [5, 5.41) is 0. The zero-order chi connectivity index (χ0) is 5.28. The zero-order valence-electron chi connectivity index (χ0n) is 4.52. The lowest BCUT2D eigenvalue weighted by molar-refractivity contribution is 0.737. The van der Waals surface area contributed by atoms with Crippen LogP contribution in [0.5, 0.6) is 0 Å². The number of hydrogen-bond donors (Lipinski definition) is 0. The summed E-state index contributed by atoms with van der Waals surface area (Å²) in [5.74, 6) is 0.762. The average molecular weight is 95.1 g/mol. The first kappa shape index (κ1) is 4.64. The van der Waals surface area contributed by atoms with Gasteiger partial charge in [-0.05, 0) is 12.8 Å². The van der Waals surface area contributed by atoms with Crippen LogP contribution in [-0.4, -0.2) is 6.04 Å². The van der Waals surface area contributed by atoms with Crippen LogP contribution in [-0.2, 0) is 0 Å². The Kier molecular flexibility index (Phi) is 1.02. The highest BCUT2D eigenvalue weighted by atomic mass is 14.7. The predicted molar refractivity (Wildman–Crippen MR) is 28.8 cm³/mol. The average Bonchev–Trinajstić information content (AvgIpc) is 2.44. The molecular formula is C6H9N. The molecule has 0 aliphatic heterocycles. The molecule has 1 saturated carbocycles. The van der Waals surface area contributed by atoms with E-state index in [1.54, 1.807) is 0 Å². The van der Waals surface area contributed by atoms with Crippen molar-refractivity contribution in [3.63, 3.8) is 0 Å². The maximum atomic E-state index is 6.60. The van der Waals surface area contributed by atoms with Crippen molar-refractivity contribution in [3.8, 4) is 0 Å². The van der Waals surface area contributed by atoms with Crippen LogP contribution >= 0.6 is 0 Å². The lowest BCUT2D eigenvalue weighted by Crippen LogP contribution is -1.94. The smallest absolute Gasteiger partial charge is 0.223 e. The van der Waals surface area contributed by atoms with E-state index in [2.05, 4.69) is 4.85 Å². The number of hydrogen-bond acceptors (Lipinski definition) is 0. The first-order valence-corrected chi connectivity index (χ1v) is 2.71. The molecule has 0 amide bonds. The third-order valence-corrected chi connectivity index (χ3v) is 1.51. The fourth-order valence-corrected chi connectivity index (χ4v) is 0.684. The summed E-state index contributed by atoms with van der Waals surface area (Å²) in [7, 11) is 0. The first-order valence-electron chi connectivity index (χ1n) is 2.71. The Morgan fingerprint density at radius 2 is 2.29 bits per heavy atom. The van der Waals surface area contributed by atoms with Crippen molar-refractivity contribution in [3.05, 3.63) is 11.4 Å². The Labute approximate surface area is 44.2 Å². The molecule has 0 aromatic carbocycles. The van der Waals surface area contributed by atoms with Crippen LogP contribution in [0.4, 0.5) is 0 Å². The second-order valence-corrected chi connectivity index (χ2v) is 2.21. The normalized spacial score (nSPS) is 23.4. The van der Waals surface area contributed by atoms with Gasteiger partial charge in [0.1, 0.15) is 0 Å². The van der Waals surface area contributed by atoms with E-state index < -0.39 is 0 Å². The SMILES string of the molecule is [C-]#[N+]C(C)C1CC1. The van der Waals surface area contributed by atoms with Gasteiger partial charge in [-0.1, -0.05) is 0 Å². The molecular weight excluding hydrogens is 86.1 g/mol. The molecule has 1 aliphatic carbocycles. The molecule has 0 aromatic heterocycles. The Morgan fingerprint density at radius 1 is 1.71 bits per heavy atom. The summed E-state index contributed by atoms with van der Waals surface area (Å²) in [4.78, 5) is 3.40. The molecule has 1 aliphatic rings. The fraction of sp³-hybridized carbons (Fsp3) is 0.833. The molecule has 0 saturated heterocycles. The third kappa shape index (κ3) is 0.928. The van der Waals surface area contributed by atoms with E-state index in [1.807, 2.05) is 6.92 Å². The Balaban J connectivity index is 2.27. The van der Waals surface area contributed by atoms with E-state index in [0.717, 1.165) is 5.92 Å².